The van der Waals surface area contributed by atoms with Gasteiger partial charge in [-0.25, -0.2) is 10.8 Å². The Kier molecular flexibility index (Phi) is 5.18. The third-order valence-corrected chi connectivity index (χ3v) is 1.80. The molecule has 1 aromatic heterocycles. The number of pyridine rings is 1. The van der Waals surface area contributed by atoms with Crippen LogP contribution in [0.3, 0.4) is 0 Å². The lowest BCUT2D eigenvalue weighted by Gasteiger charge is -2.07. The molecular weight excluding hydrogens is 190 g/mol. The van der Waals surface area contributed by atoms with Gasteiger partial charge in [0.25, 0.3) is 0 Å². The highest BCUT2D eigenvalue weighted by Crippen LogP contribution is 1.94. The number of hydrogen-bond donors (Lipinski definition) is 3. The van der Waals surface area contributed by atoms with Gasteiger partial charge >= 0.3 is 0 Å². The first-order valence-corrected chi connectivity index (χ1v) is 5.01. The summed E-state index contributed by atoms with van der Waals surface area (Å²) < 4.78 is 0. The SMILES string of the molecule is CCCNC(=NCc1ccccn1)NN. The molecule has 0 saturated carbocycles. The molecule has 0 aliphatic heterocycles. The Morgan fingerprint density at radius 1 is 1.53 bits per heavy atom. The monoisotopic (exact) mass is 207 g/mol. The van der Waals surface area contributed by atoms with E-state index in [2.05, 4.69) is 27.6 Å². The number of hydrazine groups is 1. The Bertz CT molecular complexity index is 296. The minimum absolute atomic E-state index is 0.525. The van der Waals surface area contributed by atoms with Gasteiger partial charge in [-0.3, -0.25) is 10.4 Å². The molecule has 0 bridgehead atoms. The first kappa shape index (κ1) is 11.5. The second-order valence-corrected chi connectivity index (χ2v) is 3.06. The van der Waals surface area contributed by atoms with Gasteiger partial charge in [-0.15, -0.1) is 0 Å². The van der Waals surface area contributed by atoms with Crippen LogP contribution in [-0.4, -0.2) is 17.5 Å². The van der Waals surface area contributed by atoms with Crippen molar-refractivity contribution < 1.29 is 0 Å². The number of aromatic nitrogens is 1. The van der Waals surface area contributed by atoms with Gasteiger partial charge in [0, 0.05) is 12.7 Å². The average Bonchev–Trinajstić information content (AvgIpc) is 2.31. The zero-order valence-corrected chi connectivity index (χ0v) is 8.90. The summed E-state index contributed by atoms with van der Waals surface area (Å²) in [5, 5.41) is 3.08. The smallest absolute Gasteiger partial charge is 0.206 e. The zero-order chi connectivity index (χ0) is 10.9. The van der Waals surface area contributed by atoms with Crippen molar-refractivity contribution in [3.05, 3.63) is 30.1 Å². The molecule has 0 spiro atoms. The fourth-order valence-corrected chi connectivity index (χ4v) is 1.05. The Labute approximate surface area is 89.8 Å². The molecule has 82 valence electrons. The van der Waals surface area contributed by atoms with Gasteiger partial charge in [-0.1, -0.05) is 13.0 Å². The predicted octanol–water partition coefficient (Wildman–Crippen LogP) is 0.401. The van der Waals surface area contributed by atoms with E-state index in [-0.39, 0.29) is 0 Å². The number of aliphatic imine (C=N–C) groups is 1. The molecule has 15 heavy (non-hydrogen) atoms. The predicted molar refractivity (Wildman–Crippen MR) is 61.0 cm³/mol. The molecule has 0 saturated heterocycles. The molecule has 0 amide bonds. The quantitative estimate of drug-likeness (QED) is 0.289. The Balaban J connectivity index is 2.47. The summed E-state index contributed by atoms with van der Waals surface area (Å²) in [5.74, 6) is 5.91. The maximum atomic E-state index is 5.31. The molecule has 0 fully saturated rings. The molecule has 0 aromatic carbocycles. The van der Waals surface area contributed by atoms with Crippen molar-refractivity contribution in [2.75, 3.05) is 6.54 Å². The van der Waals surface area contributed by atoms with E-state index in [1.165, 1.54) is 0 Å². The van der Waals surface area contributed by atoms with Gasteiger partial charge in [0.15, 0.2) is 0 Å². The van der Waals surface area contributed by atoms with E-state index >= 15 is 0 Å². The summed E-state index contributed by atoms with van der Waals surface area (Å²) in [4.78, 5) is 8.42. The van der Waals surface area contributed by atoms with Crippen LogP contribution in [0.5, 0.6) is 0 Å². The molecule has 5 heteroatoms. The standard InChI is InChI=1S/C10H17N5/c1-2-6-13-10(15-11)14-8-9-5-3-4-7-12-9/h3-5,7H,2,6,8,11H2,1H3,(H2,13,14,15). The van der Waals surface area contributed by atoms with Crippen LogP contribution in [0.15, 0.2) is 29.4 Å². The normalized spacial score (nSPS) is 11.2. The number of nitrogens with one attached hydrogen (secondary N) is 2. The van der Waals surface area contributed by atoms with Gasteiger partial charge in [0.1, 0.15) is 0 Å². The molecule has 1 rings (SSSR count). The number of guanidine groups is 1. The van der Waals surface area contributed by atoms with Crippen molar-refractivity contribution in [3.63, 3.8) is 0 Å². The number of nitrogens with zero attached hydrogens (tertiary/aromatic N) is 2. The third kappa shape index (κ3) is 4.42. The summed E-state index contributed by atoms with van der Waals surface area (Å²) >= 11 is 0. The fourth-order valence-electron chi connectivity index (χ4n) is 1.05. The van der Waals surface area contributed by atoms with Crippen molar-refractivity contribution in [3.8, 4) is 0 Å². The lowest BCUT2D eigenvalue weighted by molar-refractivity contribution is 0.788. The topological polar surface area (TPSA) is 75.3 Å². The van der Waals surface area contributed by atoms with Crippen LogP contribution < -0.4 is 16.6 Å². The van der Waals surface area contributed by atoms with Gasteiger partial charge in [-0.2, -0.15) is 0 Å². The van der Waals surface area contributed by atoms with Crippen LogP contribution in [-0.2, 0) is 6.54 Å². The Hall–Kier alpha value is -1.62. The highest BCUT2D eigenvalue weighted by atomic mass is 15.3. The molecule has 5 nitrogen and oxygen atoms in total. The van der Waals surface area contributed by atoms with Crippen LogP contribution in [0.25, 0.3) is 0 Å². The molecule has 0 aliphatic carbocycles. The number of nitrogens with two attached hydrogens (primary N) is 1. The van der Waals surface area contributed by atoms with E-state index in [1.807, 2.05) is 18.2 Å². The highest BCUT2D eigenvalue weighted by Gasteiger charge is 1.94. The Morgan fingerprint density at radius 2 is 2.40 bits per heavy atom. The first-order valence-electron chi connectivity index (χ1n) is 5.01. The van der Waals surface area contributed by atoms with Gasteiger partial charge in [0.2, 0.25) is 5.96 Å². The van der Waals surface area contributed by atoms with E-state index in [4.69, 9.17) is 5.84 Å². The fraction of sp³-hybridized carbons (Fsp3) is 0.400. The summed E-state index contributed by atoms with van der Waals surface area (Å²) in [5.41, 5.74) is 3.44. The van der Waals surface area contributed by atoms with Crippen molar-refractivity contribution in [1.29, 1.82) is 0 Å². The second-order valence-electron chi connectivity index (χ2n) is 3.06. The highest BCUT2D eigenvalue weighted by molar-refractivity contribution is 5.79. The molecule has 0 unspecified atom stereocenters. The van der Waals surface area contributed by atoms with E-state index in [1.54, 1.807) is 6.20 Å². The lowest BCUT2D eigenvalue weighted by atomic mass is 10.3. The molecule has 0 aliphatic rings. The molecule has 1 aromatic rings. The minimum atomic E-state index is 0.525. The van der Waals surface area contributed by atoms with E-state index in [0.717, 1.165) is 18.7 Å². The third-order valence-electron chi connectivity index (χ3n) is 1.80. The molecule has 0 radical (unpaired) electrons. The summed E-state index contributed by atoms with van der Waals surface area (Å²) in [6.45, 7) is 3.46. The minimum Gasteiger partial charge on any atom is -0.355 e. The maximum Gasteiger partial charge on any atom is 0.206 e. The second kappa shape index (κ2) is 6.78. The maximum absolute atomic E-state index is 5.31. The van der Waals surface area contributed by atoms with Crippen LogP contribution in [0.2, 0.25) is 0 Å². The van der Waals surface area contributed by atoms with E-state index in [9.17, 15) is 0 Å². The summed E-state index contributed by atoms with van der Waals surface area (Å²) in [7, 11) is 0. The Morgan fingerprint density at radius 3 is 3.00 bits per heavy atom. The number of hydrogen-bond acceptors (Lipinski definition) is 3. The molecule has 1 heterocycles. The first-order chi connectivity index (χ1) is 7.36. The summed E-state index contributed by atoms with van der Waals surface area (Å²) in [6, 6.07) is 5.75. The molecule has 0 atom stereocenters. The van der Waals surface area contributed by atoms with Gasteiger partial charge in [-0.05, 0) is 18.6 Å². The average molecular weight is 207 g/mol. The van der Waals surface area contributed by atoms with Crippen LogP contribution in [0.1, 0.15) is 19.0 Å². The largest absolute Gasteiger partial charge is 0.355 e. The van der Waals surface area contributed by atoms with Crippen molar-refractivity contribution in [1.82, 2.24) is 15.7 Å². The van der Waals surface area contributed by atoms with Crippen molar-refractivity contribution in [2.24, 2.45) is 10.8 Å². The van der Waals surface area contributed by atoms with Crippen molar-refractivity contribution >= 4 is 5.96 Å². The van der Waals surface area contributed by atoms with Crippen LogP contribution in [0.4, 0.5) is 0 Å². The molecular formula is C10H17N5. The van der Waals surface area contributed by atoms with Crippen LogP contribution in [0, 0.1) is 0 Å². The van der Waals surface area contributed by atoms with E-state index < -0.39 is 0 Å². The number of rotatable bonds is 4. The zero-order valence-electron chi connectivity index (χ0n) is 8.90. The summed E-state index contributed by atoms with van der Waals surface area (Å²) in [6.07, 6.45) is 2.78. The van der Waals surface area contributed by atoms with E-state index in [0.29, 0.717) is 12.5 Å². The molecule has 4 N–H and O–H groups in total. The van der Waals surface area contributed by atoms with Crippen molar-refractivity contribution in [2.45, 2.75) is 19.9 Å². The van der Waals surface area contributed by atoms with Gasteiger partial charge < -0.3 is 5.32 Å². The lowest BCUT2D eigenvalue weighted by Crippen LogP contribution is -2.41. The van der Waals surface area contributed by atoms with Crippen LogP contribution >= 0.6 is 0 Å². The van der Waals surface area contributed by atoms with Gasteiger partial charge in [0.05, 0.1) is 12.2 Å².